The molecule has 1 atom stereocenters. The number of halogens is 1. The molecule has 168 valence electrons. The number of rotatable bonds is 5. The topological polar surface area (TPSA) is 103 Å². The maximum atomic E-state index is 14.0. The summed E-state index contributed by atoms with van der Waals surface area (Å²) in [5, 5.41) is 15.3. The van der Waals surface area contributed by atoms with Crippen LogP contribution in [0.2, 0.25) is 0 Å². The molecule has 8 nitrogen and oxygen atoms in total. The van der Waals surface area contributed by atoms with Gasteiger partial charge in [-0.05, 0) is 48.9 Å². The van der Waals surface area contributed by atoms with E-state index in [1.54, 1.807) is 11.0 Å². The van der Waals surface area contributed by atoms with Gasteiger partial charge in [-0.15, -0.1) is 0 Å². The van der Waals surface area contributed by atoms with Gasteiger partial charge in [0.1, 0.15) is 11.9 Å². The molecule has 0 spiro atoms. The summed E-state index contributed by atoms with van der Waals surface area (Å²) in [5.41, 5.74) is 2.52. The van der Waals surface area contributed by atoms with Crippen molar-refractivity contribution in [1.29, 1.82) is 5.26 Å². The first-order valence-corrected chi connectivity index (χ1v) is 11.0. The Morgan fingerprint density at radius 3 is 2.94 bits per heavy atom. The molecule has 2 N–H and O–H groups in total. The van der Waals surface area contributed by atoms with Gasteiger partial charge in [0.05, 0.1) is 23.8 Å². The van der Waals surface area contributed by atoms with Gasteiger partial charge >= 0.3 is 6.03 Å². The standard InChI is InChI=1S/C23H27FN6O2/c1-2-20(15-3-4-16(12-25)19(24)11-15)29-23(31)30-8-5-17-13-26-22(28-21(17)14-30)27-18-6-9-32-10-7-18/h3-4,11,13,18,20H,2,5-10,14H2,1H3,(H,29,31)(H,26,27,28)/t20-/m1/s1. The molecule has 0 bridgehead atoms. The van der Waals surface area contributed by atoms with Crippen molar-refractivity contribution < 1.29 is 13.9 Å². The summed E-state index contributed by atoms with van der Waals surface area (Å²) < 4.78 is 19.4. The molecule has 2 aliphatic heterocycles. The van der Waals surface area contributed by atoms with Gasteiger partial charge in [0.15, 0.2) is 0 Å². The third kappa shape index (κ3) is 4.97. The minimum atomic E-state index is -0.578. The van der Waals surface area contributed by atoms with Crippen molar-refractivity contribution in [2.45, 2.75) is 51.2 Å². The van der Waals surface area contributed by atoms with E-state index in [1.165, 1.54) is 12.1 Å². The number of urea groups is 1. The summed E-state index contributed by atoms with van der Waals surface area (Å²) in [4.78, 5) is 23.8. The average Bonchev–Trinajstić information content (AvgIpc) is 2.82. The van der Waals surface area contributed by atoms with Gasteiger partial charge in [-0.2, -0.15) is 5.26 Å². The lowest BCUT2D eigenvalue weighted by atomic mass is 10.0. The molecule has 4 rings (SSSR count). The number of fused-ring (bicyclic) bond motifs is 1. The van der Waals surface area contributed by atoms with Crippen LogP contribution in [0.15, 0.2) is 24.4 Å². The Morgan fingerprint density at radius 2 is 2.22 bits per heavy atom. The van der Waals surface area contributed by atoms with Crippen molar-refractivity contribution in [1.82, 2.24) is 20.2 Å². The predicted molar refractivity (Wildman–Crippen MR) is 116 cm³/mol. The monoisotopic (exact) mass is 438 g/mol. The molecule has 1 fully saturated rings. The molecular weight excluding hydrogens is 411 g/mol. The zero-order valence-electron chi connectivity index (χ0n) is 18.1. The zero-order chi connectivity index (χ0) is 22.5. The number of amides is 2. The van der Waals surface area contributed by atoms with Crippen LogP contribution in [0.4, 0.5) is 15.1 Å². The molecule has 0 aliphatic carbocycles. The maximum absolute atomic E-state index is 14.0. The van der Waals surface area contributed by atoms with Gasteiger partial charge in [0.25, 0.3) is 0 Å². The van der Waals surface area contributed by atoms with Crippen LogP contribution >= 0.6 is 0 Å². The smallest absolute Gasteiger partial charge is 0.318 e. The summed E-state index contributed by atoms with van der Waals surface area (Å²) in [6.45, 7) is 4.35. The van der Waals surface area contributed by atoms with Gasteiger partial charge in [0, 0.05) is 32.0 Å². The molecule has 3 heterocycles. The fourth-order valence-corrected chi connectivity index (χ4v) is 4.07. The number of benzene rings is 1. The number of aromatic nitrogens is 2. The average molecular weight is 439 g/mol. The van der Waals surface area contributed by atoms with Gasteiger partial charge < -0.3 is 20.3 Å². The molecule has 1 saturated heterocycles. The van der Waals surface area contributed by atoms with Crippen molar-refractivity contribution >= 4 is 12.0 Å². The number of carbonyl (C=O) groups excluding carboxylic acids is 1. The van der Waals surface area contributed by atoms with E-state index in [4.69, 9.17) is 10.00 Å². The van der Waals surface area contributed by atoms with Gasteiger partial charge in [-0.25, -0.2) is 19.2 Å². The third-order valence-corrected chi connectivity index (χ3v) is 6.01. The highest BCUT2D eigenvalue weighted by Crippen LogP contribution is 2.22. The molecule has 9 heteroatoms. The van der Waals surface area contributed by atoms with Crippen LogP contribution in [0.1, 0.15) is 54.6 Å². The first kappa shape index (κ1) is 22.0. The second kappa shape index (κ2) is 9.92. The fraction of sp³-hybridized carbons (Fsp3) is 0.478. The molecule has 0 radical (unpaired) electrons. The Bertz CT molecular complexity index is 1020. The van der Waals surface area contributed by atoms with E-state index in [0.29, 0.717) is 43.5 Å². The molecule has 0 saturated carbocycles. The van der Waals surface area contributed by atoms with Gasteiger partial charge in [-0.3, -0.25) is 0 Å². The highest BCUT2D eigenvalue weighted by Gasteiger charge is 2.25. The van der Waals surface area contributed by atoms with Crippen molar-refractivity contribution in [2.75, 3.05) is 25.1 Å². The number of carbonyl (C=O) groups is 1. The van der Waals surface area contributed by atoms with Crippen LogP contribution < -0.4 is 10.6 Å². The lowest BCUT2D eigenvalue weighted by Gasteiger charge is -2.30. The number of nitrogens with zero attached hydrogens (tertiary/aromatic N) is 4. The highest BCUT2D eigenvalue weighted by molar-refractivity contribution is 5.75. The van der Waals surface area contributed by atoms with Crippen molar-refractivity contribution in [3.05, 3.63) is 52.6 Å². The predicted octanol–water partition coefficient (Wildman–Crippen LogP) is 3.30. The Balaban J connectivity index is 1.41. The van der Waals surface area contributed by atoms with Crippen LogP contribution in [0.3, 0.4) is 0 Å². The largest absolute Gasteiger partial charge is 0.381 e. The lowest BCUT2D eigenvalue weighted by Crippen LogP contribution is -2.44. The molecule has 32 heavy (non-hydrogen) atoms. The van der Waals surface area contributed by atoms with Crippen molar-refractivity contribution in [3.63, 3.8) is 0 Å². The van der Waals surface area contributed by atoms with Gasteiger partial charge in [0.2, 0.25) is 5.95 Å². The second-order valence-corrected chi connectivity index (χ2v) is 8.13. The normalized spacial score (nSPS) is 17.2. The van der Waals surface area contributed by atoms with Crippen LogP contribution in [-0.4, -0.2) is 46.7 Å². The molecule has 2 aromatic rings. The Hall–Kier alpha value is -3.25. The minimum absolute atomic E-state index is 0.00702. The third-order valence-electron chi connectivity index (χ3n) is 6.01. The summed E-state index contributed by atoms with van der Waals surface area (Å²) in [6, 6.07) is 6.00. The van der Waals surface area contributed by atoms with Crippen LogP contribution in [0.25, 0.3) is 0 Å². The van der Waals surface area contributed by atoms with E-state index in [9.17, 15) is 9.18 Å². The molecular formula is C23H27FN6O2. The number of hydrogen-bond acceptors (Lipinski definition) is 6. The van der Waals surface area contributed by atoms with Crippen LogP contribution in [0, 0.1) is 17.1 Å². The Kier molecular flexibility index (Phi) is 6.81. The van der Waals surface area contributed by atoms with Gasteiger partial charge in [-0.1, -0.05) is 13.0 Å². The highest BCUT2D eigenvalue weighted by atomic mass is 19.1. The first-order valence-electron chi connectivity index (χ1n) is 11.0. The number of hydrogen-bond donors (Lipinski definition) is 2. The number of ether oxygens (including phenoxy) is 1. The minimum Gasteiger partial charge on any atom is -0.381 e. The summed E-state index contributed by atoms with van der Waals surface area (Å²) in [6.07, 6.45) is 4.96. The number of anilines is 1. The van der Waals surface area contributed by atoms with E-state index in [1.807, 2.05) is 19.2 Å². The van der Waals surface area contributed by atoms with Crippen molar-refractivity contribution in [2.24, 2.45) is 0 Å². The maximum Gasteiger partial charge on any atom is 0.318 e. The lowest BCUT2D eigenvalue weighted by molar-refractivity contribution is 0.0903. The van der Waals surface area contributed by atoms with E-state index in [2.05, 4.69) is 20.6 Å². The van der Waals surface area contributed by atoms with E-state index < -0.39 is 5.82 Å². The first-order chi connectivity index (χ1) is 15.6. The SMILES string of the molecule is CC[C@@H](NC(=O)N1CCc2cnc(NC3CCOCC3)nc2C1)c1ccc(C#N)c(F)c1. The fourth-order valence-electron chi connectivity index (χ4n) is 4.07. The molecule has 1 aromatic carbocycles. The van der Waals surface area contributed by atoms with Crippen LogP contribution in [-0.2, 0) is 17.7 Å². The van der Waals surface area contributed by atoms with Crippen LogP contribution in [0.5, 0.6) is 0 Å². The molecule has 0 unspecified atom stereocenters. The van der Waals surface area contributed by atoms with E-state index in [-0.39, 0.29) is 17.6 Å². The summed E-state index contributed by atoms with van der Waals surface area (Å²) in [7, 11) is 0. The number of nitrogens with one attached hydrogen (secondary N) is 2. The molecule has 1 aromatic heterocycles. The summed E-state index contributed by atoms with van der Waals surface area (Å²) in [5.74, 6) is 0.00302. The Labute approximate surface area is 186 Å². The molecule has 2 amide bonds. The van der Waals surface area contributed by atoms with E-state index >= 15 is 0 Å². The molecule has 2 aliphatic rings. The quantitative estimate of drug-likeness (QED) is 0.743. The van der Waals surface area contributed by atoms with Crippen molar-refractivity contribution in [3.8, 4) is 6.07 Å². The number of nitriles is 1. The second-order valence-electron chi connectivity index (χ2n) is 8.13. The Morgan fingerprint density at radius 1 is 1.41 bits per heavy atom. The summed E-state index contributed by atoms with van der Waals surface area (Å²) >= 11 is 0. The zero-order valence-corrected chi connectivity index (χ0v) is 18.1. The van der Waals surface area contributed by atoms with E-state index in [0.717, 1.165) is 37.3 Å².